The van der Waals surface area contributed by atoms with Gasteiger partial charge in [0.05, 0.1) is 5.92 Å². The van der Waals surface area contributed by atoms with E-state index in [-0.39, 0.29) is 18.6 Å². The molecule has 0 aromatic heterocycles. The molecule has 0 radical (unpaired) electrons. The summed E-state index contributed by atoms with van der Waals surface area (Å²) in [4.78, 5) is 24.2. The Morgan fingerprint density at radius 1 is 1.24 bits per heavy atom. The summed E-state index contributed by atoms with van der Waals surface area (Å²) in [5.41, 5.74) is 1.05. The third kappa shape index (κ3) is 4.63. The van der Waals surface area contributed by atoms with Gasteiger partial charge >= 0.3 is 12.1 Å². The van der Waals surface area contributed by atoms with E-state index in [2.05, 4.69) is 0 Å². The van der Waals surface area contributed by atoms with Gasteiger partial charge in [-0.2, -0.15) is 0 Å². The van der Waals surface area contributed by atoms with Crippen LogP contribution in [0.15, 0.2) is 36.4 Å². The standard InChI is InChI=1S/C16H19NO4/c18-15(19)14-8-10-17(11-9-14)16(20)21-12-4-7-13-5-2-1-3-6-13/h1-7,14H,8-12H2,(H,18,19). The lowest BCUT2D eigenvalue weighted by molar-refractivity contribution is -0.143. The number of carbonyl (C=O) groups is 2. The number of nitrogens with zero attached hydrogens (tertiary/aromatic N) is 1. The lowest BCUT2D eigenvalue weighted by Crippen LogP contribution is -2.40. The number of benzene rings is 1. The number of hydrogen-bond acceptors (Lipinski definition) is 3. The van der Waals surface area contributed by atoms with Gasteiger partial charge in [0.2, 0.25) is 0 Å². The number of ether oxygens (including phenoxy) is 1. The van der Waals surface area contributed by atoms with Gasteiger partial charge in [0.1, 0.15) is 6.61 Å². The van der Waals surface area contributed by atoms with Gasteiger partial charge < -0.3 is 14.7 Å². The highest BCUT2D eigenvalue weighted by molar-refractivity contribution is 5.71. The van der Waals surface area contributed by atoms with Crippen LogP contribution in [0, 0.1) is 5.92 Å². The van der Waals surface area contributed by atoms with Crippen LogP contribution in [0.25, 0.3) is 6.08 Å². The van der Waals surface area contributed by atoms with Crippen molar-refractivity contribution in [3.63, 3.8) is 0 Å². The van der Waals surface area contributed by atoms with Gasteiger partial charge in [-0.3, -0.25) is 4.79 Å². The molecule has 1 saturated heterocycles. The molecule has 5 heteroatoms. The topological polar surface area (TPSA) is 66.8 Å². The average Bonchev–Trinajstić information content (AvgIpc) is 2.52. The zero-order valence-electron chi connectivity index (χ0n) is 11.8. The van der Waals surface area contributed by atoms with Crippen molar-refractivity contribution in [1.29, 1.82) is 0 Å². The summed E-state index contributed by atoms with van der Waals surface area (Å²) in [6.07, 6.45) is 4.28. The number of hydrogen-bond donors (Lipinski definition) is 1. The highest BCUT2D eigenvalue weighted by atomic mass is 16.6. The Bertz CT molecular complexity index is 504. The molecule has 1 aliphatic heterocycles. The van der Waals surface area contributed by atoms with Gasteiger partial charge in [-0.15, -0.1) is 0 Å². The molecule has 1 fully saturated rings. The number of carbonyl (C=O) groups excluding carboxylic acids is 1. The summed E-state index contributed by atoms with van der Waals surface area (Å²) in [7, 11) is 0. The van der Waals surface area contributed by atoms with Crippen LogP contribution in [-0.4, -0.2) is 41.8 Å². The van der Waals surface area contributed by atoms with E-state index in [9.17, 15) is 9.59 Å². The summed E-state index contributed by atoms with van der Waals surface area (Å²) >= 11 is 0. The van der Waals surface area contributed by atoms with Crippen LogP contribution in [0.4, 0.5) is 4.79 Å². The van der Waals surface area contributed by atoms with Crippen LogP contribution in [0.1, 0.15) is 18.4 Å². The number of amides is 1. The van der Waals surface area contributed by atoms with Crippen molar-refractivity contribution >= 4 is 18.1 Å². The maximum Gasteiger partial charge on any atom is 0.410 e. The van der Waals surface area contributed by atoms with Crippen LogP contribution in [0.3, 0.4) is 0 Å². The summed E-state index contributed by atoms with van der Waals surface area (Å²) in [5, 5.41) is 8.90. The fourth-order valence-electron chi connectivity index (χ4n) is 2.27. The van der Waals surface area contributed by atoms with E-state index in [0.29, 0.717) is 25.9 Å². The van der Waals surface area contributed by atoms with Gasteiger partial charge in [0, 0.05) is 13.1 Å². The van der Waals surface area contributed by atoms with Crippen molar-refractivity contribution in [2.75, 3.05) is 19.7 Å². The van der Waals surface area contributed by atoms with Gasteiger partial charge in [-0.25, -0.2) is 4.79 Å². The van der Waals surface area contributed by atoms with E-state index < -0.39 is 5.97 Å². The zero-order chi connectivity index (χ0) is 15.1. The fraction of sp³-hybridized carbons (Fsp3) is 0.375. The quantitative estimate of drug-likeness (QED) is 0.925. The van der Waals surface area contributed by atoms with Crippen LogP contribution < -0.4 is 0 Å². The highest BCUT2D eigenvalue weighted by Crippen LogP contribution is 2.17. The second-order valence-electron chi connectivity index (χ2n) is 4.99. The van der Waals surface area contributed by atoms with Crippen molar-refractivity contribution < 1.29 is 19.4 Å². The number of carboxylic acids is 1. The summed E-state index contributed by atoms with van der Waals surface area (Å²) in [6.45, 7) is 1.10. The molecule has 5 nitrogen and oxygen atoms in total. The minimum absolute atomic E-state index is 0.215. The molecule has 0 unspecified atom stereocenters. The largest absolute Gasteiger partial charge is 0.481 e. The molecule has 1 aromatic rings. The molecule has 1 heterocycles. The van der Waals surface area contributed by atoms with Crippen LogP contribution >= 0.6 is 0 Å². The third-order valence-corrected chi connectivity index (χ3v) is 3.52. The summed E-state index contributed by atoms with van der Waals surface area (Å²) < 4.78 is 5.15. The predicted octanol–water partition coefficient (Wildman–Crippen LogP) is 2.63. The van der Waals surface area contributed by atoms with E-state index in [1.807, 2.05) is 36.4 Å². The maximum atomic E-state index is 11.8. The van der Waals surface area contributed by atoms with Gasteiger partial charge in [-0.1, -0.05) is 36.4 Å². The molecule has 1 N–H and O–H groups in total. The Kier molecular flexibility index (Phi) is 5.37. The lowest BCUT2D eigenvalue weighted by atomic mass is 9.97. The first-order valence-corrected chi connectivity index (χ1v) is 7.03. The molecule has 1 aromatic carbocycles. The Labute approximate surface area is 123 Å². The van der Waals surface area contributed by atoms with Crippen LogP contribution in [-0.2, 0) is 9.53 Å². The fourth-order valence-corrected chi connectivity index (χ4v) is 2.27. The number of aliphatic carboxylic acids is 1. The first-order valence-electron chi connectivity index (χ1n) is 7.03. The van der Waals surface area contributed by atoms with Crippen molar-refractivity contribution in [2.45, 2.75) is 12.8 Å². The van der Waals surface area contributed by atoms with Crippen molar-refractivity contribution in [2.24, 2.45) is 5.92 Å². The molecular weight excluding hydrogens is 270 g/mol. The Morgan fingerprint density at radius 2 is 1.90 bits per heavy atom. The van der Waals surface area contributed by atoms with E-state index in [4.69, 9.17) is 9.84 Å². The van der Waals surface area contributed by atoms with Crippen LogP contribution in [0.2, 0.25) is 0 Å². The Balaban J connectivity index is 1.71. The van der Waals surface area contributed by atoms with Gasteiger partial charge in [0.25, 0.3) is 0 Å². The molecule has 2 rings (SSSR count). The molecule has 1 aliphatic rings. The third-order valence-electron chi connectivity index (χ3n) is 3.52. The SMILES string of the molecule is O=C(O)C1CCN(C(=O)OCC=Cc2ccccc2)CC1. The Hall–Kier alpha value is -2.30. The summed E-state index contributed by atoms with van der Waals surface area (Å²) in [6, 6.07) is 9.76. The first kappa shape index (κ1) is 15.1. The molecule has 0 spiro atoms. The van der Waals surface area contributed by atoms with Gasteiger partial charge in [0.15, 0.2) is 0 Å². The first-order chi connectivity index (χ1) is 10.2. The highest BCUT2D eigenvalue weighted by Gasteiger charge is 2.27. The molecule has 0 aliphatic carbocycles. The van der Waals surface area contributed by atoms with E-state index >= 15 is 0 Å². The van der Waals surface area contributed by atoms with E-state index in [1.54, 1.807) is 11.0 Å². The zero-order valence-corrected chi connectivity index (χ0v) is 11.8. The van der Waals surface area contributed by atoms with Crippen molar-refractivity contribution in [1.82, 2.24) is 4.90 Å². The molecule has 0 atom stereocenters. The van der Waals surface area contributed by atoms with Crippen molar-refractivity contribution in [3.05, 3.63) is 42.0 Å². The Morgan fingerprint density at radius 3 is 2.52 bits per heavy atom. The molecule has 1 amide bonds. The van der Waals surface area contributed by atoms with E-state index in [1.165, 1.54) is 0 Å². The molecule has 21 heavy (non-hydrogen) atoms. The number of likely N-dealkylation sites (tertiary alicyclic amines) is 1. The summed E-state index contributed by atoms with van der Waals surface area (Å²) in [5.74, 6) is -1.12. The monoisotopic (exact) mass is 289 g/mol. The second-order valence-corrected chi connectivity index (χ2v) is 4.99. The molecule has 112 valence electrons. The maximum absolute atomic E-state index is 11.8. The average molecular weight is 289 g/mol. The number of piperidine rings is 1. The van der Waals surface area contributed by atoms with Crippen LogP contribution in [0.5, 0.6) is 0 Å². The second kappa shape index (κ2) is 7.47. The van der Waals surface area contributed by atoms with Gasteiger partial charge in [-0.05, 0) is 24.5 Å². The minimum atomic E-state index is -0.784. The number of carboxylic acid groups (broad SMARTS) is 1. The molecule has 0 bridgehead atoms. The predicted molar refractivity (Wildman–Crippen MR) is 78.8 cm³/mol. The number of rotatable bonds is 4. The van der Waals surface area contributed by atoms with E-state index in [0.717, 1.165) is 5.56 Å². The minimum Gasteiger partial charge on any atom is -0.481 e. The normalized spacial score (nSPS) is 16.1. The lowest BCUT2D eigenvalue weighted by Gasteiger charge is -2.29. The molecule has 0 saturated carbocycles. The molecular formula is C16H19NO4. The smallest absolute Gasteiger partial charge is 0.410 e. The van der Waals surface area contributed by atoms with Crippen molar-refractivity contribution in [3.8, 4) is 0 Å².